The molecule has 2 aliphatic heterocycles. The largest absolute Gasteiger partial charge is 0.458 e. The Hall–Kier alpha value is -1.07. The number of carbonyl (C=O) groups excluding carboxylic acids is 1. The number of aliphatic hydroxyl groups excluding tert-OH is 4. The molecular weight excluding hydrogens is 456 g/mol. The minimum atomic E-state index is -1.49. The van der Waals surface area contributed by atoms with Gasteiger partial charge in [-0.3, -0.25) is 0 Å². The smallest absolute Gasteiger partial charge is 0.334 e. The molecule has 0 bridgehead atoms. The molecule has 0 aromatic heterocycles. The van der Waals surface area contributed by atoms with Gasteiger partial charge >= 0.3 is 5.97 Å². The molecule has 1 saturated heterocycles. The molecule has 0 radical (unpaired) electrons. The Morgan fingerprint density at radius 1 is 1.09 bits per heavy atom. The van der Waals surface area contributed by atoms with Crippen molar-refractivity contribution >= 4 is 5.97 Å². The third kappa shape index (κ3) is 4.37. The highest BCUT2D eigenvalue weighted by Crippen LogP contribution is 2.64. The van der Waals surface area contributed by atoms with Crippen LogP contribution in [0.4, 0.5) is 0 Å². The van der Waals surface area contributed by atoms with Crippen LogP contribution in [0.1, 0.15) is 66.2 Å². The Morgan fingerprint density at radius 2 is 1.80 bits per heavy atom. The topological polar surface area (TPSA) is 146 Å². The van der Waals surface area contributed by atoms with E-state index in [1.165, 1.54) is 0 Å². The van der Waals surface area contributed by atoms with Crippen LogP contribution in [0.25, 0.3) is 0 Å². The first-order chi connectivity index (χ1) is 16.4. The van der Waals surface area contributed by atoms with Gasteiger partial charge in [0.05, 0.1) is 18.3 Å². The number of hydrogen-bond acceptors (Lipinski definition) is 9. The molecule has 5 N–H and O–H groups in total. The zero-order chi connectivity index (χ0) is 25.8. The molecular formula is C26H42O9. The molecule has 0 aromatic carbocycles. The van der Waals surface area contributed by atoms with Gasteiger partial charge in [0.1, 0.15) is 31.0 Å². The highest BCUT2D eigenvalue weighted by molar-refractivity contribution is 5.90. The van der Waals surface area contributed by atoms with Gasteiger partial charge in [-0.2, -0.15) is 0 Å². The summed E-state index contributed by atoms with van der Waals surface area (Å²) in [5.41, 5.74) is -1.14. The number of hydrogen-bond donors (Lipinski definition) is 5. The average Bonchev–Trinajstić information content (AvgIpc) is 3.22. The molecule has 10 atom stereocenters. The maximum Gasteiger partial charge on any atom is 0.334 e. The van der Waals surface area contributed by atoms with E-state index >= 15 is 0 Å². The molecule has 2 aliphatic carbocycles. The predicted molar refractivity (Wildman–Crippen MR) is 125 cm³/mol. The molecule has 4 rings (SSSR count). The fourth-order valence-corrected chi connectivity index (χ4v) is 7.49. The summed E-state index contributed by atoms with van der Waals surface area (Å²) in [6, 6.07) is 0. The lowest BCUT2D eigenvalue weighted by atomic mass is 9.43. The van der Waals surface area contributed by atoms with Crippen LogP contribution in [0.15, 0.2) is 11.6 Å². The molecule has 2 heterocycles. The van der Waals surface area contributed by atoms with Crippen molar-refractivity contribution in [2.24, 2.45) is 22.7 Å². The summed E-state index contributed by atoms with van der Waals surface area (Å²) in [5, 5.41) is 52.5. The normalized spacial score (nSPS) is 47.7. The standard InChI is InChI=1S/C26H42O9/c1-14-5-6-17-24(2,3)18(35-23-21(30)20(29)19(28)16(13-27)34-23)8-10-25(17,4)26(14,32)11-7-15-9-12-33-22(15)31/h9,14,16-21,23,27-30,32H,5-8,10-13H2,1-4H3/t14-,16+,17+,18-,19+,20-,21+,23-,25+,26+/m0/s1. The molecule has 4 aliphatic rings. The van der Waals surface area contributed by atoms with E-state index in [1.807, 2.05) is 0 Å². The Bertz CT molecular complexity index is 826. The fraction of sp³-hybridized carbons (Fsp3) is 0.885. The van der Waals surface area contributed by atoms with Crippen molar-refractivity contribution in [1.29, 1.82) is 0 Å². The number of aliphatic hydroxyl groups is 5. The quantitative estimate of drug-likeness (QED) is 0.268. The van der Waals surface area contributed by atoms with Gasteiger partial charge < -0.3 is 39.7 Å². The number of ether oxygens (including phenoxy) is 3. The summed E-state index contributed by atoms with van der Waals surface area (Å²) in [5.74, 6) is -0.124. The van der Waals surface area contributed by atoms with Crippen molar-refractivity contribution < 1.29 is 44.5 Å². The number of esters is 1. The molecule has 0 aromatic rings. The van der Waals surface area contributed by atoms with Crippen molar-refractivity contribution in [3.8, 4) is 0 Å². The summed E-state index contributed by atoms with van der Waals surface area (Å²) in [6.07, 6.45) is -1.08. The number of carbonyl (C=O) groups is 1. The van der Waals surface area contributed by atoms with Gasteiger partial charge in [-0.05, 0) is 61.9 Å². The number of rotatable bonds is 6. The summed E-state index contributed by atoms with van der Waals surface area (Å²) in [6.45, 7) is 8.25. The monoisotopic (exact) mass is 498 g/mol. The van der Waals surface area contributed by atoms with Crippen molar-refractivity contribution in [3.05, 3.63) is 11.6 Å². The third-order valence-electron chi connectivity index (χ3n) is 9.84. The van der Waals surface area contributed by atoms with E-state index in [9.17, 15) is 30.3 Å². The molecule has 0 unspecified atom stereocenters. The lowest BCUT2D eigenvalue weighted by molar-refractivity contribution is -0.332. The molecule has 0 amide bonds. The van der Waals surface area contributed by atoms with Crippen LogP contribution in [0.5, 0.6) is 0 Å². The first-order valence-electron chi connectivity index (χ1n) is 12.9. The molecule has 9 nitrogen and oxygen atoms in total. The van der Waals surface area contributed by atoms with Crippen LogP contribution in [0, 0.1) is 22.7 Å². The van der Waals surface area contributed by atoms with Crippen LogP contribution in [-0.2, 0) is 19.0 Å². The van der Waals surface area contributed by atoms with Gasteiger partial charge in [0, 0.05) is 11.0 Å². The average molecular weight is 499 g/mol. The van der Waals surface area contributed by atoms with Crippen molar-refractivity contribution in [2.45, 2.75) is 109 Å². The van der Waals surface area contributed by atoms with Crippen LogP contribution in [0.3, 0.4) is 0 Å². The molecule has 35 heavy (non-hydrogen) atoms. The third-order valence-corrected chi connectivity index (χ3v) is 9.84. The second-order valence-electron chi connectivity index (χ2n) is 11.9. The van der Waals surface area contributed by atoms with Crippen LogP contribution < -0.4 is 0 Å². The highest BCUT2D eigenvalue weighted by Gasteiger charge is 2.64. The maximum absolute atomic E-state index is 12.2. The summed E-state index contributed by atoms with van der Waals surface area (Å²) in [4.78, 5) is 12.0. The molecule has 200 valence electrons. The van der Waals surface area contributed by atoms with Crippen molar-refractivity contribution in [1.82, 2.24) is 0 Å². The Balaban J connectivity index is 1.53. The van der Waals surface area contributed by atoms with E-state index in [0.29, 0.717) is 37.9 Å². The van der Waals surface area contributed by atoms with Crippen LogP contribution >= 0.6 is 0 Å². The maximum atomic E-state index is 12.2. The molecule has 9 heteroatoms. The zero-order valence-electron chi connectivity index (χ0n) is 21.2. The van der Waals surface area contributed by atoms with Crippen LogP contribution in [-0.4, -0.2) is 87.1 Å². The highest BCUT2D eigenvalue weighted by atomic mass is 16.7. The van der Waals surface area contributed by atoms with E-state index in [4.69, 9.17) is 14.2 Å². The van der Waals surface area contributed by atoms with Crippen LogP contribution in [0.2, 0.25) is 0 Å². The van der Waals surface area contributed by atoms with Gasteiger partial charge in [-0.1, -0.05) is 27.7 Å². The first kappa shape index (κ1) is 27.0. The van der Waals surface area contributed by atoms with E-state index in [0.717, 1.165) is 12.8 Å². The van der Waals surface area contributed by atoms with Gasteiger partial charge in [0.15, 0.2) is 6.29 Å². The Kier molecular flexibility index (Phi) is 7.45. The minimum Gasteiger partial charge on any atom is -0.458 e. The lowest BCUT2D eigenvalue weighted by Gasteiger charge is -2.64. The number of fused-ring (bicyclic) bond motifs is 1. The molecule has 3 fully saturated rings. The van der Waals surface area contributed by atoms with E-state index < -0.39 is 53.7 Å². The van der Waals surface area contributed by atoms with E-state index in [2.05, 4.69) is 27.7 Å². The second-order valence-corrected chi connectivity index (χ2v) is 11.9. The Labute approximate surface area is 207 Å². The fourth-order valence-electron chi connectivity index (χ4n) is 7.49. The summed E-state index contributed by atoms with van der Waals surface area (Å²) >= 11 is 0. The zero-order valence-corrected chi connectivity index (χ0v) is 21.2. The second kappa shape index (κ2) is 9.67. The van der Waals surface area contributed by atoms with E-state index in [-0.39, 0.29) is 23.9 Å². The molecule has 2 saturated carbocycles. The van der Waals surface area contributed by atoms with Crippen molar-refractivity contribution in [2.75, 3.05) is 13.2 Å². The van der Waals surface area contributed by atoms with Gasteiger partial charge in [0.25, 0.3) is 0 Å². The van der Waals surface area contributed by atoms with E-state index in [1.54, 1.807) is 6.08 Å². The Morgan fingerprint density at radius 3 is 2.43 bits per heavy atom. The lowest BCUT2D eigenvalue weighted by Crippen LogP contribution is -2.66. The summed E-state index contributed by atoms with van der Waals surface area (Å²) < 4.78 is 16.9. The van der Waals surface area contributed by atoms with Gasteiger partial charge in [-0.25, -0.2) is 4.79 Å². The number of cyclic esters (lactones) is 1. The first-order valence-corrected chi connectivity index (χ1v) is 12.9. The predicted octanol–water partition coefficient (Wildman–Crippen LogP) is 1.04. The minimum absolute atomic E-state index is 0.0699. The van der Waals surface area contributed by atoms with Gasteiger partial charge in [-0.15, -0.1) is 0 Å². The van der Waals surface area contributed by atoms with Gasteiger partial charge in [0.2, 0.25) is 0 Å². The summed E-state index contributed by atoms with van der Waals surface area (Å²) in [7, 11) is 0. The van der Waals surface area contributed by atoms with Crippen molar-refractivity contribution in [3.63, 3.8) is 0 Å². The molecule has 0 spiro atoms. The SMILES string of the molecule is C[C@H]1CC[C@@H]2C(C)(C)[C@@H](O[C@@H]3O[C@H](CO)[C@@H](O)[C@H](O)[C@H]3O)CC[C@@]2(C)[C@@]1(O)CCC1=CCOC1=O.